The van der Waals surface area contributed by atoms with Gasteiger partial charge in [0.05, 0.1) is 6.54 Å². The number of hydrogen-bond acceptors (Lipinski definition) is 2. The zero-order chi connectivity index (χ0) is 11.4. The van der Waals surface area contributed by atoms with Crippen molar-refractivity contribution in [2.24, 2.45) is 0 Å². The molecule has 0 unspecified atom stereocenters. The highest BCUT2D eigenvalue weighted by Crippen LogP contribution is 2.23. The Bertz CT molecular complexity index is 361. The molecule has 1 aromatic rings. The molecular weight excluding hydrogens is 210 g/mol. The highest BCUT2D eigenvalue weighted by atomic mass is 35.5. The van der Waals surface area contributed by atoms with Gasteiger partial charge in [0.15, 0.2) is 5.78 Å². The van der Waals surface area contributed by atoms with Gasteiger partial charge in [-0.25, -0.2) is 0 Å². The summed E-state index contributed by atoms with van der Waals surface area (Å²) >= 11 is 5.89. The van der Waals surface area contributed by atoms with E-state index in [1.165, 1.54) is 0 Å². The van der Waals surface area contributed by atoms with Crippen LogP contribution in [-0.4, -0.2) is 19.4 Å². The van der Waals surface area contributed by atoms with Crippen LogP contribution in [0.15, 0.2) is 18.2 Å². The molecule has 0 aliphatic rings. The summed E-state index contributed by atoms with van der Waals surface area (Å²) < 4.78 is 0. The molecule has 2 nitrogen and oxygen atoms in total. The van der Waals surface area contributed by atoms with Crippen LogP contribution >= 0.6 is 11.6 Å². The molecule has 0 saturated carbocycles. The van der Waals surface area contributed by atoms with Gasteiger partial charge in [0, 0.05) is 10.6 Å². The molecule has 15 heavy (non-hydrogen) atoms. The van der Waals surface area contributed by atoms with Crippen molar-refractivity contribution in [1.29, 1.82) is 0 Å². The molecule has 3 heteroatoms. The maximum Gasteiger partial charge on any atom is 0.176 e. The summed E-state index contributed by atoms with van der Waals surface area (Å²) in [5.41, 5.74) is 1.78. The first-order chi connectivity index (χ1) is 7.06. The molecule has 0 bridgehead atoms. The SMILES string of the molecule is CNCC(=O)c1cc(Cl)ccc1C(C)C. The average Bonchev–Trinajstić information content (AvgIpc) is 2.17. The fourth-order valence-electron chi connectivity index (χ4n) is 1.53. The Hall–Kier alpha value is -0.860. The predicted octanol–water partition coefficient (Wildman–Crippen LogP) is 2.87. The van der Waals surface area contributed by atoms with Gasteiger partial charge in [0.25, 0.3) is 0 Å². The van der Waals surface area contributed by atoms with E-state index in [0.29, 0.717) is 17.5 Å². The first-order valence-corrected chi connectivity index (χ1v) is 5.41. The van der Waals surface area contributed by atoms with Gasteiger partial charge in [0.2, 0.25) is 0 Å². The molecule has 1 N–H and O–H groups in total. The topological polar surface area (TPSA) is 29.1 Å². The van der Waals surface area contributed by atoms with Crippen molar-refractivity contribution in [2.75, 3.05) is 13.6 Å². The van der Waals surface area contributed by atoms with Crippen LogP contribution in [-0.2, 0) is 0 Å². The standard InChI is InChI=1S/C12H16ClNO/c1-8(2)10-5-4-9(13)6-11(10)12(15)7-14-3/h4-6,8,14H,7H2,1-3H3. The molecule has 0 aliphatic carbocycles. The van der Waals surface area contributed by atoms with Crippen molar-refractivity contribution in [3.8, 4) is 0 Å². The lowest BCUT2D eigenvalue weighted by molar-refractivity contribution is 0.0992. The zero-order valence-corrected chi connectivity index (χ0v) is 10.1. The van der Waals surface area contributed by atoms with E-state index in [-0.39, 0.29) is 5.78 Å². The number of ketones is 1. The van der Waals surface area contributed by atoms with E-state index in [2.05, 4.69) is 19.2 Å². The highest BCUT2D eigenvalue weighted by molar-refractivity contribution is 6.31. The van der Waals surface area contributed by atoms with Crippen LogP contribution in [0.25, 0.3) is 0 Å². The second-order valence-corrected chi connectivity index (χ2v) is 4.28. The molecular formula is C12H16ClNO. The maximum absolute atomic E-state index is 11.8. The number of Topliss-reactive ketones (excluding diaryl/α,β-unsaturated/α-hetero) is 1. The third kappa shape index (κ3) is 3.05. The number of benzene rings is 1. The Balaban J connectivity index is 3.12. The summed E-state index contributed by atoms with van der Waals surface area (Å²) in [6.07, 6.45) is 0. The number of halogens is 1. The Morgan fingerprint density at radius 1 is 1.47 bits per heavy atom. The van der Waals surface area contributed by atoms with Gasteiger partial charge in [-0.2, -0.15) is 0 Å². The number of hydrogen-bond donors (Lipinski definition) is 1. The van der Waals surface area contributed by atoms with Crippen molar-refractivity contribution in [3.05, 3.63) is 34.3 Å². The molecule has 0 radical (unpaired) electrons. The summed E-state index contributed by atoms with van der Waals surface area (Å²) in [7, 11) is 1.76. The number of carbonyl (C=O) groups is 1. The Labute approximate surface area is 95.6 Å². The van der Waals surface area contributed by atoms with Gasteiger partial charge in [0.1, 0.15) is 0 Å². The van der Waals surface area contributed by atoms with Crippen LogP contribution in [0.1, 0.15) is 35.7 Å². The predicted molar refractivity (Wildman–Crippen MR) is 63.8 cm³/mol. The van der Waals surface area contributed by atoms with Crippen molar-refractivity contribution in [3.63, 3.8) is 0 Å². The van der Waals surface area contributed by atoms with E-state index >= 15 is 0 Å². The van der Waals surface area contributed by atoms with E-state index in [0.717, 1.165) is 11.1 Å². The van der Waals surface area contributed by atoms with E-state index in [1.807, 2.05) is 12.1 Å². The molecule has 1 aromatic carbocycles. The Morgan fingerprint density at radius 2 is 2.13 bits per heavy atom. The lowest BCUT2D eigenvalue weighted by Crippen LogP contribution is -2.20. The van der Waals surface area contributed by atoms with Crippen LogP contribution in [0.4, 0.5) is 0 Å². The normalized spacial score (nSPS) is 10.7. The van der Waals surface area contributed by atoms with Gasteiger partial charge < -0.3 is 5.32 Å². The monoisotopic (exact) mass is 225 g/mol. The van der Waals surface area contributed by atoms with Gasteiger partial charge in [-0.05, 0) is 30.7 Å². The maximum atomic E-state index is 11.8. The van der Waals surface area contributed by atoms with E-state index in [9.17, 15) is 4.79 Å². The van der Waals surface area contributed by atoms with Crippen molar-refractivity contribution >= 4 is 17.4 Å². The number of nitrogens with one attached hydrogen (secondary N) is 1. The molecule has 0 amide bonds. The first-order valence-electron chi connectivity index (χ1n) is 5.03. The molecule has 82 valence electrons. The smallest absolute Gasteiger partial charge is 0.176 e. The van der Waals surface area contributed by atoms with Crippen LogP contribution < -0.4 is 5.32 Å². The van der Waals surface area contributed by atoms with Crippen LogP contribution in [0.3, 0.4) is 0 Å². The summed E-state index contributed by atoms with van der Waals surface area (Å²) in [4.78, 5) is 11.8. The average molecular weight is 226 g/mol. The fraction of sp³-hybridized carbons (Fsp3) is 0.417. The van der Waals surface area contributed by atoms with E-state index in [1.54, 1.807) is 13.1 Å². The molecule has 0 fully saturated rings. The molecule has 0 heterocycles. The first kappa shape index (κ1) is 12.2. The highest BCUT2D eigenvalue weighted by Gasteiger charge is 2.13. The zero-order valence-electron chi connectivity index (χ0n) is 9.30. The number of carbonyl (C=O) groups excluding carboxylic acids is 1. The minimum absolute atomic E-state index is 0.0868. The van der Waals surface area contributed by atoms with E-state index < -0.39 is 0 Å². The quantitative estimate of drug-likeness (QED) is 0.799. The van der Waals surface area contributed by atoms with Gasteiger partial charge in [-0.15, -0.1) is 0 Å². The van der Waals surface area contributed by atoms with Gasteiger partial charge in [-0.3, -0.25) is 4.79 Å². The molecule has 0 saturated heterocycles. The second kappa shape index (κ2) is 5.29. The minimum Gasteiger partial charge on any atom is -0.313 e. The largest absolute Gasteiger partial charge is 0.313 e. The van der Waals surface area contributed by atoms with Gasteiger partial charge in [-0.1, -0.05) is 31.5 Å². The second-order valence-electron chi connectivity index (χ2n) is 3.84. The summed E-state index contributed by atoms with van der Waals surface area (Å²) in [5, 5.41) is 3.47. The van der Waals surface area contributed by atoms with Crippen molar-refractivity contribution in [1.82, 2.24) is 5.32 Å². The third-order valence-corrected chi connectivity index (χ3v) is 2.51. The lowest BCUT2D eigenvalue weighted by atomic mass is 9.95. The molecule has 0 spiro atoms. The summed E-state index contributed by atoms with van der Waals surface area (Å²) in [6.45, 7) is 4.48. The third-order valence-electron chi connectivity index (χ3n) is 2.28. The Kier molecular flexibility index (Phi) is 4.30. The van der Waals surface area contributed by atoms with E-state index in [4.69, 9.17) is 11.6 Å². The summed E-state index contributed by atoms with van der Waals surface area (Å²) in [5.74, 6) is 0.418. The van der Waals surface area contributed by atoms with Crippen LogP contribution in [0, 0.1) is 0 Å². The van der Waals surface area contributed by atoms with Crippen LogP contribution in [0.5, 0.6) is 0 Å². The van der Waals surface area contributed by atoms with Crippen LogP contribution in [0.2, 0.25) is 5.02 Å². The fourth-order valence-corrected chi connectivity index (χ4v) is 1.70. The minimum atomic E-state index is 0.0868. The number of rotatable bonds is 4. The molecule has 0 aliphatic heterocycles. The number of likely N-dealkylation sites (N-methyl/N-ethyl adjacent to an activating group) is 1. The lowest BCUT2D eigenvalue weighted by Gasteiger charge is -2.12. The Morgan fingerprint density at radius 3 is 2.67 bits per heavy atom. The molecule has 0 aromatic heterocycles. The van der Waals surface area contributed by atoms with Crippen molar-refractivity contribution in [2.45, 2.75) is 19.8 Å². The van der Waals surface area contributed by atoms with Gasteiger partial charge >= 0.3 is 0 Å². The summed E-state index contributed by atoms with van der Waals surface area (Å²) in [6, 6.07) is 5.50. The van der Waals surface area contributed by atoms with Crippen molar-refractivity contribution < 1.29 is 4.79 Å². The molecule has 0 atom stereocenters. The molecule has 1 rings (SSSR count).